The van der Waals surface area contributed by atoms with Crippen molar-refractivity contribution >= 4 is 5.82 Å². The van der Waals surface area contributed by atoms with Crippen molar-refractivity contribution in [2.45, 2.75) is 33.1 Å². The molecule has 1 aromatic heterocycles. The summed E-state index contributed by atoms with van der Waals surface area (Å²) in [5.74, 6) is 1.35. The van der Waals surface area contributed by atoms with Crippen molar-refractivity contribution in [3.8, 4) is 0 Å². The fourth-order valence-electron chi connectivity index (χ4n) is 1.55. The lowest BCUT2D eigenvalue weighted by Gasteiger charge is -2.09. The minimum absolute atomic E-state index is 0.604. The van der Waals surface area contributed by atoms with Crippen LogP contribution in [0.25, 0.3) is 0 Å². The van der Waals surface area contributed by atoms with Crippen molar-refractivity contribution < 1.29 is 0 Å². The predicted molar refractivity (Wildman–Crippen MR) is 56.4 cm³/mol. The topological polar surface area (TPSA) is 38.9 Å². The first-order valence-electron chi connectivity index (χ1n) is 4.92. The molecule has 0 aromatic carbocycles. The van der Waals surface area contributed by atoms with Gasteiger partial charge in [-0.3, -0.25) is 0 Å². The van der Waals surface area contributed by atoms with Crippen LogP contribution in [-0.4, -0.2) is 4.98 Å². The zero-order chi connectivity index (χ0) is 9.68. The summed E-state index contributed by atoms with van der Waals surface area (Å²) < 4.78 is 0. The predicted octanol–water partition coefficient (Wildman–Crippen LogP) is 2.64. The highest BCUT2D eigenvalue weighted by molar-refractivity contribution is 5.29. The van der Waals surface area contributed by atoms with E-state index < -0.39 is 0 Å². The van der Waals surface area contributed by atoms with Gasteiger partial charge < -0.3 is 5.73 Å². The standard InChI is InChI=1S/C11H18N2/c1-3-4-9(2)7-10-5-6-11(12)13-8-10/h5-6,8-9H,3-4,7H2,1-2H3,(H2,12,13). The van der Waals surface area contributed by atoms with Crippen molar-refractivity contribution in [3.63, 3.8) is 0 Å². The molecule has 2 N–H and O–H groups in total. The van der Waals surface area contributed by atoms with Crippen molar-refractivity contribution in [3.05, 3.63) is 23.9 Å². The van der Waals surface area contributed by atoms with Gasteiger partial charge in [-0.25, -0.2) is 4.98 Å². The number of nitrogen functional groups attached to an aromatic ring is 1. The van der Waals surface area contributed by atoms with Crippen LogP contribution in [-0.2, 0) is 6.42 Å². The third-order valence-electron chi connectivity index (χ3n) is 2.21. The Morgan fingerprint density at radius 2 is 2.23 bits per heavy atom. The van der Waals surface area contributed by atoms with Gasteiger partial charge in [-0.1, -0.05) is 32.8 Å². The van der Waals surface area contributed by atoms with E-state index in [9.17, 15) is 0 Å². The monoisotopic (exact) mass is 178 g/mol. The smallest absolute Gasteiger partial charge is 0.123 e. The van der Waals surface area contributed by atoms with E-state index >= 15 is 0 Å². The van der Waals surface area contributed by atoms with E-state index in [1.54, 1.807) is 0 Å². The number of nitrogens with two attached hydrogens (primary N) is 1. The maximum absolute atomic E-state index is 5.51. The zero-order valence-electron chi connectivity index (χ0n) is 8.46. The molecule has 0 bridgehead atoms. The molecule has 0 saturated heterocycles. The molecule has 13 heavy (non-hydrogen) atoms. The van der Waals surface area contributed by atoms with Crippen LogP contribution >= 0.6 is 0 Å². The molecule has 0 saturated carbocycles. The number of hydrogen-bond donors (Lipinski definition) is 1. The number of anilines is 1. The fraction of sp³-hybridized carbons (Fsp3) is 0.545. The van der Waals surface area contributed by atoms with Crippen LogP contribution in [0.2, 0.25) is 0 Å². The summed E-state index contributed by atoms with van der Waals surface area (Å²) in [6.45, 7) is 4.50. The minimum atomic E-state index is 0.604. The first-order chi connectivity index (χ1) is 6.22. The first-order valence-corrected chi connectivity index (χ1v) is 4.92. The van der Waals surface area contributed by atoms with Gasteiger partial charge in [0.1, 0.15) is 5.82 Å². The van der Waals surface area contributed by atoms with Gasteiger partial charge in [-0.15, -0.1) is 0 Å². The molecule has 2 nitrogen and oxygen atoms in total. The van der Waals surface area contributed by atoms with Gasteiger partial charge >= 0.3 is 0 Å². The summed E-state index contributed by atoms with van der Waals surface area (Å²) in [4.78, 5) is 4.07. The highest BCUT2D eigenvalue weighted by atomic mass is 14.8. The van der Waals surface area contributed by atoms with Gasteiger partial charge in [0.15, 0.2) is 0 Å². The van der Waals surface area contributed by atoms with Crippen molar-refractivity contribution in [2.75, 3.05) is 5.73 Å². The van der Waals surface area contributed by atoms with Crippen LogP contribution in [0.3, 0.4) is 0 Å². The summed E-state index contributed by atoms with van der Waals surface area (Å²) in [7, 11) is 0. The van der Waals surface area contributed by atoms with Crippen LogP contribution in [0, 0.1) is 5.92 Å². The maximum Gasteiger partial charge on any atom is 0.123 e. The largest absolute Gasteiger partial charge is 0.384 e. The summed E-state index contributed by atoms with van der Waals surface area (Å²) in [5, 5.41) is 0. The number of rotatable bonds is 4. The van der Waals surface area contributed by atoms with Crippen LogP contribution in [0.5, 0.6) is 0 Å². The maximum atomic E-state index is 5.51. The molecule has 72 valence electrons. The number of pyridine rings is 1. The molecule has 1 aromatic rings. The van der Waals surface area contributed by atoms with E-state index in [2.05, 4.69) is 24.9 Å². The normalized spacial score (nSPS) is 12.8. The molecular weight excluding hydrogens is 160 g/mol. The van der Waals surface area contributed by atoms with Gasteiger partial charge in [-0.05, 0) is 24.0 Å². The number of nitrogens with zero attached hydrogens (tertiary/aromatic N) is 1. The molecule has 0 aliphatic carbocycles. The summed E-state index contributed by atoms with van der Waals surface area (Å²) in [6.07, 6.45) is 5.52. The zero-order valence-corrected chi connectivity index (χ0v) is 8.46. The first kappa shape index (κ1) is 10.0. The second kappa shape index (κ2) is 4.85. The van der Waals surface area contributed by atoms with Crippen molar-refractivity contribution in [2.24, 2.45) is 5.92 Å². The molecule has 0 fully saturated rings. The molecule has 2 heteroatoms. The Hall–Kier alpha value is -1.05. The molecule has 0 aliphatic rings. The van der Waals surface area contributed by atoms with E-state index in [-0.39, 0.29) is 0 Å². The van der Waals surface area contributed by atoms with Crippen molar-refractivity contribution in [1.82, 2.24) is 4.98 Å². The Kier molecular flexibility index (Phi) is 3.74. The third-order valence-corrected chi connectivity index (χ3v) is 2.21. The van der Waals surface area contributed by atoms with Gasteiger partial charge in [0, 0.05) is 6.20 Å². The Morgan fingerprint density at radius 1 is 1.46 bits per heavy atom. The second-order valence-electron chi connectivity index (χ2n) is 3.69. The second-order valence-corrected chi connectivity index (χ2v) is 3.69. The molecule has 0 amide bonds. The molecule has 1 unspecified atom stereocenters. The van der Waals surface area contributed by atoms with E-state index in [4.69, 9.17) is 5.73 Å². The Morgan fingerprint density at radius 3 is 2.77 bits per heavy atom. The molecule has 1 heterocycles. The third kappa shape index (κ3) is 3.45. The van der Waals surface area contributed by atoms with Crippen molar-refractivity contribution in [1.29, 1.82) is 0 Å². The molecule has 0 aliphatic heterocycles. The molecule has 0 spiro atoms. The highest BCUT2D eigenvalue weighted by Gasteiger charge is 2.02. The lowest BCUT2D eigenvalue weighted by molar-refractivity contribution is 0.522. The lowest BCUT2D eigenvalue weighted by Crippen LogP contribution is -2.00. The Balaban J connectivity index is 2.49. The molecule has 0 radical (unpaired) electrons. The van der Waals surface area contributed by atoms with E-state index in [1.807, 2.05) is 12.3 Å². The van der Waals surface area contributed by atoms with E-state index in [0.717, 1.165) is 12.3 Å². The number of hydrogen-bond acceptors (Lipinski definition) is 2. The average Bonchev–Trinajstić information content (AvgIpc) is 2.09. The minimum Gasteiger partial charge on any atom is -0.384 e. The SMILES string of the molecule is CCCC(C)Cc1ccc(N)nc1. The van der Waals surface area contributed by atoms with Gasteiger partial charge in [0.2, 0.25) is 0 Å². The van der Waals surface area contributed by atoms with Crippen LogP contribution in [0.4, 0.5) is 5.82 Å². The van der Waals surface area contributed by atoms with Gasteiger partial charge in [0.05, 0.1) is 0 Å². The Bertz CT molecular complexity index is 241. The number of aromatic nitrogens is 1. The van der Waals surface area contributed by atoms with Crippen LogP contribution < -0.4 is 5.73 Å². The highest BCUT2D eigenvalue weighted by Crippen LogP contribution is 2.13. The molecular formula is C11H18N2. The van der Waals surface area contributed by atoms with Gasteiger partial charge in [0.25, 0.3) is 0 Å². The van der Waals surface area contributed by atoms with E-state index in [0.29, 0.717) is 5.82 Å². The quantitative estimate of drug-likeness (QED) is 0.769. The molecule has 1 atom stereocenters. The summed E-state index contributed by atoms with van der Waals surface area (Å²) in [6, 6.07) is 3.93. The van der Waals surface area contributed by atoms with Gasteiger partial charge in [-0.2, -0.15) is 0 Å². The van der Waals surface area contributed by atoms with E-state index in [1.165, 1.54) is 18.4 Å². The Labute approximate surface area is 80.2 Å². The molecule has 1 rings (SSSR count). The average molecular weight is 178 g/mol. The van der Waals surface area contributed by atoms with Crippen LogP contribution in [0.1, 0.15) is 32.3 Å². The summed E-state index contributed by atoms with van der Waals surface area (Å²) in [5.41, 5.74) is 6.79. The van der Waals surface area contributed by atoms with Crippen LogP contribution in [0.15, 0.2) is 18.3 Å². The lowest BCUT2D eigenvalue weighted by atomic mass is 9.98. The fourth-order valence-corrected chi connectivity index (χ4v) is 1.55. The summed E-state index contributed by atoms with van der Waals surface area (Å²) >= 11 is 0.